The summed E-state index contributed by atoms with van der Waals surface area (Å²) in [5.74, 6) is 0.757. The molecule has 0 amide bonds. The molecule has 106 valence electrons. The van der Waals surface area contributed by atoms with Gasteiger partial charge in [-0.05, 0) is 32.2 Å². The molecule has 4 atom stereocenters. The van der Waals surface area contributed by atoms with Crippen molar-refractivity contribution in [2.24, 2.45) is 0 Å². The normalized spacial score (nSPS) is 35.3. The fraction of sp³-hybridized carbons (Fsp3) is 1.00. The highest BCUT2D eigenvalue weighted by Gasteiger charge is 2.30. The van der Waals surface area contributed by atoms with Gasteiger partial charge in [-0.3, -0.25) is 4.21 Å². The minimum Gasteiger partial charge on any atom is -0.377 e. The summed E-state index contributed by atoms with van der Waals surface area (Å²) in [5, 5.41) is 3.89. The van der Waals surface area contributed by atoms with Crippen molar-refractivity contribution in [3.63, 3.8) is 0 Å². The molecule has 18 heavy (non-hydrogen) atoms. The summed E-state index contributed by atoms with van der Waals surface area (Å²) in [6.07, 6.45) is 8.64. The third-order valence-electron chi connectivity index (χ3n) is 4.13. The van der Waals surface area contributed by atoms with Crippen LogP contribution >= 0.6 is 0 Å². The molecule has 4 heteroatoms. The minimum atomic E-state index is -0.726. The Kier molecular flexibility index (Phi) is 6.12. The van der Waals surface area contributed by atoms with Crippen LogP contribution in [0.15, 0.2) is 0 Å². The van der Waals surface area contributed by atoms with Crippen molar-refractivity contribution in [3.8, 4) is 0 Å². The first kappa shape index (κ1) is 14.5. The number of nitrogens with one attached hydrogen (secondary N) is 1. The van der Waals surface area contributed by atoms with Crippen LogP contribution in [0.4, 0.5) is 0 Å². The van der Waals surface area contributed by atoms with Crippen molar-refractivity contribution < 1.29 is 8.95 Å². The Morgan fingerprint density at radius 3 is 2.72 bits per heavy atom. The maximum Gasteiger partial charge on any atom is 0.0691 e. The van der Waals surface area contributed by atoms with Crippen LogP contribution in [-0.4, -0.2) is 40.5 Å². The molecule has 0 bridgehead atoms. The zero-order chi connectivity index (χ0) is 12.8. The molecule has 0 aromatic rings. The van der Waals surface area contributed by atoms with Crippen LogP contribution < -0.4 is 5.32 Å². The molecule has 0 aromatic carbocycles. The number of hydrogen-bond acceptors (Lipinski definition) is 3. The van der Waals surface area contributed by atoms with Gasteiger partial charge in [-0.1, -0.05) is 26.2 Å². The summed E-state index contributed by atoms with van der Waals surface area (Å²) in [6.45, 7) is 3.99. The van der Waals surface area contributed by atoms with Gasteiger partial charge in [-0.25, -0.2) is 0 Å². The molecule has 1 aliphatic heterocycles. The minimum absolute atomic E-state index is 0.261. The highest BCUT2D eigenvalue weighted by Crippen LogP contribution is 2.24. The highest BCUT2D eigenvalue weighted by molar-refractivity contribution is 7.85. The van der Waals surface area contributed by atoms with E-state index in [0.29, 0.717) is 11.3 Å². The van der Waals surface area contributed by atoms with Crippen molar-refractivity contribution in [2.75, 3.05) is 18.9 Å². The largest absolute Gasteiger partial charge is 0.377 e. The molecular formula is C14H27NO2S. The van der Waals surface area contributed by atoms with Crippen LogP contribution in [0.5, 0.6) is 0 Å². The van der Waals surface area contributed by atoms with E-state index in [0.717, 1.165) is 38.2 Å². The quantitative estimate of drug-likeness (QED) is 0.781. The number of ether oxygens (including phenoxy) is 1. The molecule has 1 N–H and O–H groups in total. The Morgan fingerprint density at radius 1 is 1.17 bits per heavy atom. The molecule has 2 fully saturated rings. The van der Waals surface area contributed by atoms with Crippen LogP contribution in [0.3, 0.4) is 0 Å². The maximum atomic E-state index is 12.6. The van der Waals surface area contributed by atoms with Crippen molar-refractivity contribution in [2.45, 2.75) is 69.3 Å². The summed E-state index contributed by atoms with van der Waals surface area (Å²) in [4.78, 5) is 0. The number of hydrogen-bond donors (Lipinski definition) is 1. The third-order valence-corrected chi connectivity index (χ3v) is 6.07. The van der Waals surface area contributed by atoms with Crippen molar-refractivity contribution in [3.05, 3.63) is 0 Å². The summed E-state index contributed by atoms with van der Waals surface area (Å²) in [5.41, 5.74) is 0. The Bertz CT molecular complexity index is 267. The molecule has 4 unspecified atom stereocenters. The van der Waals surface area contributed by atoms with Crippen molar-refractivity contribution >= 4 is 10.8 Å². The molecule has 2 aliphatic rings. The Morgan fingerprint density at radius 2 is 2.00 bits per heavy atom. The maximum absolute atomic E-state index is 12.6. The Hall–Kier alpha value is 0.0700. The number of rotatable bonds is 5. The van der Waals surface area contributed by atoms with Gasteiger partial charge >= 0.3 is 0 Å². The van der Waals surface area contributed by atoms with Gasteiger partial charge in [0.2, 0.25) is 0 Å². The summed E-state index contributed by atoms with van der Waals surface area (Å²) in [7, 11) is -0.726. The van der Waals surface area contributed by atoms with Crippen LogP contribution in [0.2, 0.25) is 0 Å². The molecule has 1 heterocycles. The van der Waals surface area contributed by atoms with Gasteiger partial charge < -0.3 is 10.1 Å². The second-order valence-corrected chi connectivity index (χ2v) is 7.22. The third kappa shape index (κ3) is 4.04. The lowest BCUT2D eigenvalue weighted by atomic mass is 10.1. The molecule has 0 radical (unpaired) electrons. The monoisotopic (exact) mass is 273 g/mol. The highest BCUT2D eigenvalue weighted by atomic mass is 32.2. The SMILES string of the molecule is CCNC1CCCCCC1S(=O)CC1CCCO1. The van der Waals surface area contributed by atoms with Crippen LogP contribution in [0.1, 0.15) is 51.9 Å². The van der Waals surface area contributed by atoms with Crippen LogP contribution in [-0.2, 0) is 15.5 Å². The summed E-state index contributed by atoms with van der Waals surface area (Å²) < 4.78 is 18.2. The summed E-state index contributed by atoms with van der Waals surface area (Å²) >= 11 is 0. The van der Waals surface area contributed by atoms with Gasteiger partial charge in [0.1, 0.15) is 0 Å². The molecule has 1 aliphatic carbocycles. The fourth-order valence-corrected chi connectivity index (χ4v) is 5.07. The fourth-order valence-electron chi connectivity index (χ4n) is 3.17. The van der Waals surface area contributed by atoms with E-state index in [4.69, 9.17) is 4.74 Å². The van der Waals surface area contributed by atoms with Crippen molar-refractivity contribution in [1.29, 1.82) is 0 Å². The first-order valence-electron chi connectivity index (χ1n) is 7.53. The predicted octanol–water partition coefficient (Wildman–Crippen LogP) is 2.22. The molecule has 0 aromatic heterocycles. The lowest BCUT2D eigenvalue weighted by molar-refractivity contribution is 0.128. The molecule has 1 saturated heterocycles. The van der Waals surface area contributed by atoms with E-state index < -0.39 is 10.8 Å². The topological polar surface area (TPSA) is 38.3 Å². The van der Waals surface area contributed by atoms with Gasteiger partial charge in [-0.2, -0.15) is 0 Å². The van der Waals surface area contributed by atoms with Gasteiger partial charge in [0.15, 0.2) is 0 Å². The standard InChI is InChI=1S/C14H27NO2S/c1-2-15-13-8-4-3-5-9-14(13)18(16)11-12-7-6-10-17-12/h12-15H,2-11H2,1H3. The van der Waals surface area contributed by atoms with E-state index in [9.17, 15) is 4.21 Å². The summed E-state index contributed by atoms with van der Waals surface area (Å²) in [6, 6.07) is 0.458. The second-order valence-electron chi connectivity index (χ2n) is 5.52. The van der Waals surface area contributed by atoms with E-state index in [-0.39, 0.29) is 6.10 Å². The lowest BCUT2D eigenvalue weighted by Gasteiger charge is -2.26. The van der Waals surface area contributed by atoms with Gasteiger partial charge in [0.25, 0.3) is 0 Å². The zero-order valence-electron chi connectivity index (χ0n) is 11.5. The van der Waals surface area contributed by atoms with Crippen molar-refractivity contribution in [1.82, 2.24) is 5.32 Å². The molecule has 2 rings (SSSR count). The van der Waals surface area contributed by atoms with Crippen LogP contribution in [0, 0.1) is 0 Å². The van der Waals surface area contributed by atoms with E-state index in [2.05, 4.69) is 12.2 Å². The average Bonchev–Trinajstić information content (AvgIpc) is 2.74. The van der Waals surface area contributed by atoms with E-state index in [1.807, 2.05) is 0 Å². The molecule has 1 saturated carbocycles. The first-order chi connectivity index (χ1) is 8.81. The lowest BCUT2D eigenvalue weighted by Crippen LogP contribution is -2.43. The molecular weight excluding hydrogens is 246 g/mol. The zero-order valence-corrected chi connectivity index (χ0v) is 12.3. The Labute approximate surface area is 114 Å². The predicted molar refractivity (Wildman–Crippen MR) is 76.3 cm³/mol. The average molecular weight is 273 g/mol. The Balaban J connectivity index is 1.90. The van der Waals surface area contributed by atoms with Gasteiger partial charge in [-0.15, -0.1) is 0 Å². The van der Waals surface area contributed by atoms with Gasteiger partial charge in [0, 0.05) is 23.4 Å². The van der Waals surface area contributed by atoms with E-state index in [1.165, 1.54) is 25.7 Å². The second kappa shape index (κ2) is 7.61. The van der Waals surface area contributed by atoms with Crippen LogP contribution in [0.25, 0.3) is 0 Å². The smallest absolute Gasteiger partial charge is 0.0691 e. The molecule has 0 spiro atoms. The molecule has 3 nitrogen and oxygen atoms in total. The van der Waals surface area contributed by atoms with E-state index >= 15 is 0 Å². The van der Waals surface area contributed by atoms with Gasteiger partial charge in [0.05, 0.1) is 17.1 Å². The van der Waals surface area contributed by atoms with E-state index in [1.54, 1.807) is 0 Å². The first-order valence-corrected chi connectivity index (χ1v) is 8.91.